The van der Waals surface area contributed by atoms with Crippen LogP contribution in [0.3, 0.4) is 0 Å². The van der Waals surface area contributed by atoms with Crippen molar-refractivity contribution in [1.29, 1.82) is 0 Å². The molecule has 0 bridgehead atoms. The van der Waals surface area contributed by atoms with Crippen LogP contribution in [0.4, 0.5) is 0 Å². The molecule has 1 atom stereocenters. The summed E-state index contributed by atoms with van der Waals surface area (Å²) in [5, 5.41) is 19.5. The Morgan fingerprint density at radius 1 is 1.16 bits per heavy atom. The summed E-state index contributed by atoms with van der Waals surface area (Å²) in [6.45, 7) is 4.20. The molecule has 2 N–H and O–H groups in total. The Hall–Kier alpha value is -1.30. The number of methoxy groups -OCH3 is 1. The zero-order valence-electron chi connectivity index (χ0n) is 15.4. The van der Waals surface area contributed by atoms with Crippen molar-refractivity contribution in [2.75, 3.05) is 33.4 Å². The Balaban J connectivity index is 1.62. The van der Waals surface area contributed by atoms with Gasteiger partial charge in [-0.1, -0.05) is 25.3 Å². The van der Waals surface area contributed by atoms with Gasteiger partial charge in [0, 0.05) is 44.9 Å². The summed E-state index contributed by atoms with van der Waals surface area (Å²) < 4.78 is 5.12. The highest BCUT2D eigenvalue weighted by atomic mass is 16.5. The normalized spacial score (nSPS) is 23.7. The molecule has 25 heavy (non-hydrogen) atoms. The second-order valence-corrected chi connectivity index (χ2v) is 7.44. The first-order chi connectivity index (χ1) is 12.2. The fourth-order valence-electron chi connectivity index (χ4n) is 4.47. The third-order valence-corrected chi connectivity index (χ3v) is 5.77. The third-order valence-electron chi connectivity index (χ3n) is 5.77. The van der Waals surface area contributed by atoms with Crippen molar-refractivity contribution < 1.29 is 14.9 Å². The highest BCUT2D eigenvalue weighted by Crippen LogP contribution is 2.29. The number of piperazine rings is 1. The van der Waals surface area contributed by atoms with E-state index < -0.39 is 0 Å². The van der Waals surface area contributed by atoms with Crippen LogP contribution in [0.25, 0.3) is 0 Å². The van der Waals surface area contributed by atoms with Gasteiger partial charge in [0.15, 0.2) is 11.5 Å². The highest BCUT2D eigenvalue weighted by Gasteiger charge is 2.32. The molecule has 140 valence electrons. The molecule has 5 nitrogen and oxygen atoms in total. The number of hydrogen-bond donors (Lipinski definition) is 2. The van der Waals surface area contributed by atoms with E-state index in [-0.39, 0.29) is 12.4 Å². The topological polar surface area (TPSA) is 56.2 Å². The second kappa shape index (κ2) is 8.88. The molecule has 0 amide bonds. The van der Waals surface area contributed by atoms with E-state index >= 15 is 0 Å². The number of phenolic OH excluding ortho intramolecular Hbond substituents is 1. The molecule has 1 aromatic carbocycles. The smallest absolute Gasteiger partial charge is 0.160 e. The molecule has 0 unspecified atom stereocenters. The predicted octanol–water partition coefficient (Wildman–Crippen LogP) is 2.60. The molecule has 1 aromatic rings. The Morgan fingerprint density at radius 3 is 2.64 bits per heavy atom. The van der Waals surface area contributed by atoms with Crippen LogP contribution in [0.15, 0.2) is 18.2 Å². The summed E-state index contributed by atoms with van der Waals surface area (Å²) in [7, 11) is 1.57. The van der Waals surface area contributed by atoms with Crippen LogP contribution in [-0.4, -0.2) is 65.4 Å². The molecule has 1 heterocycles. The lowest BCUT2D eigenvalue weighted by Gasteiger charge is -2.46. The van der Waals surface area contributed by atoms with Crippen molar-refractivity contribution in [1.82, 2.24) is 9.80 Å². The molecule has 1 aliphatic carbocycles. The molecule has 1 aliphatic heterocycles. The van der Waals surface area contributed by atoms with Gasteiger partial charge in [-0.25, -0.2) is 0 Å². The minimum Gasteiger partial charge on any atom is -0.504 e. The van der Waals surface area contributed by atoms with Crippen molar-refractivity contribution in [3.63, 3.8) is 0 Å². The first-order valence-electron chi connectivity index (χ1n) is 9.66. The lowest BCUT2D eigenvalue weighted by Crippen LogP contribution is -2.56. The minimum atomic E-state index is 0.202. The fraction of sp³-hybridized carbons (Fsp3) is 0.700. The molecule has 3 rings (SSSR count). The molecule has 0 radical (unpaired) electrons. The van der Waals surface area contributed by atoms with Crippen molar-refractivity contribution >= 4 is 0 Å². The summed E-state index contributed by atoms with van der Waals surface area (Å²) in [4.78, 5) is 5.11. The third kappa shape index (κ3) is 4.66. The largest absolute Gasteiger partial charge is 0.504 e. The number of aliphatic hydroxyl groups is 1. The maximum atomic E-state index is 9.98. The summed E-state index contributed by atoms with van der Waals surface area (Å²) in [6.07, 6.45) is 7.55. The van der Waals surface area contributed by atoms with Gasteiger partial charge < -0.3 is 14.9 Å². The second-order valence-electron chi connectivity index (χ2n) is 7.44. The Kier molecular flexibility index (Phi) is 6.57. The maximum Gasteiger partial charge on any atom is 0.160 e. The van der Waals surface area contributed by atoms with Crippen molar-refractivity contribution in [2.45, 2.75) is 57.2 Å². The van der Waals surface area contributed by atoms with Crippen molar-refractivity contribution in [3.05, 3.63) is 23.8 Å². The van der Waals surface area contributed by atoms with Gasteiger partial charge in [-0.05, 0) is 37.0 Å². The molecule has 0 aromatic heterocycles. The molecule has 1 saturated heterocycles. The van der Waals surface area contributed by atoms with Gasteiger partial charge >= 0.3 is 0 Å². The highest BCUT2D eigenvalue weighted by molar-refractivity contribution is 5.41. The van der Waals surface area contributed by atoms with Crippen LogP contribution in [-0.2, 0) is 6.54 Å². The number of aromatic hydroxyl groups is 1. The van der Waals surface area contributed by atoms with E-state index in [0.717, 1.165) is 38.2 Å². The Morgan fingerprint density at radius 2 is 1.96 bits per heavy atom. The van der Waals surface area contributed by atoms with Crippen LogP contribution in [0.1, 0.15) is 44.1 Å². The number of hydrogen-bond acceptors (Lipinski definition) is 5. The van der Waals surface area contributed by atoms with Crippen LogP contribution in [0.2, 0.25) is 0 Å². The summed E-state index contributed by atoms with van der Waals surface area (Å²) in [5.41, 5.74) is 1.10. The van der Waals surface area contributed by atoms with E-state index in [1.165, 1.54) is 32.1 Å². The monoisotopic (exact) mass is 348 g/mol. The van der Waals surface area contributed by atoms with E-state index in [1.807, 2.05) is 12.1 Å². The molecule has 2 aliphatic rings. The minimum absolute atomic E-state index is 0.202. The number of aliphatic hydroxyl groups excluding tert-OH is 1. The maximum absolute atomic E-state index is 9.98. The lowest BCUT2D eigenvalue weighted by molar-refractivity contribution is 0.0136. The zero-order valence-corrected chi connectivity index (χ0v) is 15.4. The summed E-state index contributed by atoms with van der Waals surface area (Å²) >= 11 is 0. The van der Waals surface area contributed by atoms with E-state index in [4.69, 9.17) is 4.74 Å². The van der Waals surface area contributed by atoms with E-state index in [9.17, 15) is 10.2 Å². The average molecular weight is 348 g/mol. The standard InChI is InChI=1S/C20H32N2O3/c1-25-20-8-7-16(13-19(20)24)14-21-10-11-22(18(15-21)9-12-23)17-5-3-2-4-6-17/h7-8,13,17-18,23-24H,2-6,9-12,14-15H2,1H3/t18-/m0/s1. The SMILES string of the molecule is COc1ccc(CN2CCN(C3CCCCC3)[C@@H](CCO)C2)cc1O. The molecule has 5 heteroatoms. The van der Waals surface area contributed by atoms with Crippen molar-refractivity contribution in [2.24, 2.45) is 0 Å². The first kappa shape index (κ1) is 18.5. The molecule has 1 saturated carbocycles. The lowest BCUT2D eigenvalue weighted by atomic mass is 9.91. The Bertz CT molecular complexity index is 546. The first-order valence-corrected chi connectivity index (χ1v) is 9.66. The number of ether oxygens (including phenoxy) is 1. The number of nitrogens with zero attached hydrogens (tertiary/aromatic N) is 2. The van der Waals surface area contributed by atoms with Gasteiger partial charge in [-0.15, -0.1) is 0 Å². The van der Waals surface area contributed by atoms with Gasteiger partial charge in [0.05, 0.1) is 7.11 Å². The van der Waals surface area contributed by atoms with E-state index in [2.05, 4.69) is 9.80 Å². The average Bonchev–Trinajstić information content (AvgIpc) is 2.63. The Labute approximate surface area is 151 Å². The summed E-state index contributed by atoms with van der Waals surface area (Å²) in [6, 6.07) is 6.79. The van der Waals surface area contributed by atoms with E-state index in [1.54, 1.807) is 13.2 Å². The molecular formula is C20H32N2O3. The van der Waals surface area contributed by atoms with Crippen LogP contribution in [0, 0.1) is 0 Å². The van der Waals surface area contributed by atoms with E-state index in [0.29, 0.717) is 17.8 Å². The fourth-order valence-corrected chi connectivity index (χ4v) is 4.47. The van der Waals surface area contributed by atoms with Crippen LogP contribution < -0.4 is 4.74 Å². The molecule has 0 spiro atoms. The van der Waals surface area contributed by atoms with Gasteiger partial charge in [0.2, 0.25) is 0 Å². The quantitative estimate of drug-likeness (QED) is 0.828. The zero-order chi connectivity index (χ0) is 17.6. The van der Waals surface area contributed by atoms with Crippen molar-refractivity contribution in [3.8, 4) is 11.5 Å². The van der Waals surface area contributed by atoms with Gasteiger partial charge in [-0.3, -0.25) is 9.80 Å². The van der Waals surface area contributed by atoms with Crippen LogP contribution >= 0.6 is 0 Å². The number of rotatable bonds is 6. The predicted molar refractivity (Wildman–Crippen MR) is 99.0 cm³/mol. The number of phenols is 1. The van der Waals surface area contributed by atoms with Crippen LogP contribution in [0.5, 0.6) is 11.5 Å². The number of benzene rings is 1. The molecular weight excluding hydrogens is 316 g/mol. The summed E-state index contributed by atoms with van der Waals surface area (Å²) in [5.74, 6) is 0.719. The van der Waals surface area contributed by atoms with Gasteiger partial charge in [0.25, 0.3) is 0 Å². The molecule has 2 fully saturated rings. The van der Waals surface area contributed by atoms with Gasteiger partial charge in [-0.2, -0.15) is 0 Å². The van der Waals surface area contributed by atoms with Gasteiger partial charge in [0.1, 0.15) is 0 Å².